The van der Waals surface area contributed by atoms with Crippen molar-refractivity contribution in [3.63, 3.8) is 0 Å². The Hall–Kier alpha value is -1.13. The smallest absolute Gasteiger partial charge is 0.0564 e. The van der Waals surface area contributed by atoms with Crippen LogP contribution in [0.3, 0.4) is 0 Å². The molecule has 1 aromatic heterocycles. The molecular weight excluding hydrogens is 236 g/mol. The molecule has 1 aliphatic rings. The average Bonchev–Trinajstić information content (AvgIpc) is 2.41. The molecule has 0 atom stereocenters. The van der Waals surface area contributed by atoms with Crippen molar-refractivity contribution >= 4 is 5.69 Å². The van der Waals surface area contributed by atoms with Gasteiger partial charge in [-0.05, 0) is 58.1 Å². The second-order valence-electron chi connectivity index (χ2n) is 5.77. The van der Waals surface area contributed by atoms with Crippen LogP contribution in [0.1, 0.15) is 18.5 Å². The van der Waals surface area contributed by atoms with Gasteiger partial charge in [0.25, 0.3) is 0 Å². The third-order valence-electron chi connectivity index (χ3n) is 3.82. The zero-order chi connectivity index (χ0) is 13.7. The maximum Gasteiger partial charge on any atom is 0.0564 e. The normalized spacial score (nSPS) is 17.9. The number of anilines is 1. The van der Waals surface area contributed by atoms with Crippen LogP contribution >= 0.6 is 0 Å². The lowest BCUT2D eigenvalue weighted by molar-refractivity contribution is 0.155. The minimum absolute atomic E-state index is 0.864. The molecule has 4 nitrogen and oxygen atoms in total. The van der Waals surface area contributed by atoms with Crippen LogP contribution in [0.25, 0.3) is 0 Å². The van der Waals surface area contributed by atoms with Crippen molar-refractivity contribution in [2.24, 2.45) is 5.92 Å². The van der Waals surface area contributed by atoms with Crippen molar-refractivity contribution in [1.82, 2.24) is 14.8 Å². The van der Waals surface area contributed by atoms with Crippen LogP contribution in [-0.2, 0) is 6.54 Å². The van der Waals surface area contributed by atoms with Gasteiger partial charge in [0.2, 0.25) is 0 Å². The van der Waals surface area contributed by atoms with Crippen molar-refractivity contribution in [1.29, 1.82) is 0 Å². The summed E-state index contributed by atoms with van der Waals surface area (Å²) in [4.78, 5) is 9.28. The summed E-state index contributed by atoms with van der Waals surface area (Å²) in [6, 6.07) is 4.15. The molecule has 0 aliphatic carbocycles. The SMILES string of the molecule is CNc1ccnc(CN2CCC(CN(C)C)CC2)c1. The van der Waals surface area contributed by atoms with Gasteiger partial charge in [-0.2, -0.15) is 0 Å². The molecule has 2 rings (SSSR count). The van der Waals surface area contributed by atoms with E-state index in [9.17, 15) is 0 Å². The van der Waals surface area contributed by atoms with Crippen LogP contribution in [0.5, 0.6) is 0 Å². The van der Waals surface area contributed by atoms with Gasteiger partial charge in [-0.25, -0.2) is 0 Å². The molecule has 19 heavy (non-hydrogen) atoms. The molecule has 2 heterocycles. The van der Waals surface area contributed by atoms with E-state index in [0.717, 1.165) is 23.8 Å². The Labute approximate surface area is 116 Å². The van der Waals surface area contributed by atoms with Gasteiger partial charge in [0.05, 0.1) is 5.69 Å². The number of hydrogen-bond donors (Lipinski definition) is 1. The predicted molar refractivity (Wildman–Crippen MR) is 80.3 cm³/mol. The topological polar surface area (TPSA) is 31.4 Å². The van der Waals surface area contributed by atoms with E-state index in [4.69, 9.17) is 0 Å². The molecule has 1 aliphatic heterocycles. The van der Waals surface area contributed by atoms with Gasteiger partial charge in [0.1, 0.15) is 0 Å². The zero-order valence-electron chi connectivity index (χ0n) is 12.4. The molecule has 0 spiro atoms. The van der Waals surface area contributed by atoms with Crippen molar-refractivity contribution in [2.45, 2.75) is 19.4 Å². The largest absolute Gasteiger partial charge is 0.388 e. The Morgan fingerprint density at radius 2 is 2.11 bits per heavy atom. The van der Waals surface area contributed by atoms with Crippen LogP contribution in [-0.4, -0.2) is 55.6 Å². The minimum Gasteiger partial charge on any atom is -0.388 e. The van der Waals surface area contributed by atoms with Gasteiger partial charge in [0, 0.05) is 32.0 Å². The number of nitrogens with one attached hydrogen (secondary N) is 1. The standard InChI is InChI=1S/C15H26N4/c1-16-14-4-7-17-15(10-14)12-19-8-5-13(6-9-19)11-18(2)3/h4,7,10,13H,5-6,8-9,11-12H2,1-3H3,(H,16,17). The first-order valence-corrected chi connectivity index (χ1v) is 7.17. The summed E-state index contributed by atoms with van der Waals surface area (Å²) in [6.45, 7) is 4.60. The molecule has 4 heteroatoms. The highest BCUT2D eigenvalue weighted by molar-refractivity contribution is 5.42. The van der Waals surface area contributed by atoms with Gasteiger partial charge in [-0.15, -0.1) is 0 Å². The van der Waals surface area contributed by atoms with Gasteiger partial charge < -0.3 is 10.2 Å². The summed E-state index contributed by atoms with van der Waals surface area (Å²) in [6.07, 6.45) is 4.51. The summed E-state index contributed by atoms with van der Waals surface area (Å²) in [5.74, 6) is 0.864. The molecule has 0 radical (unpaired) electrons. The fraction of sp³-hybridized carbons (Fsp3) is 0.667. The monoisotopic (exact) mass is 262 g/mol. The van der Waals surface area contributed by atoms with E-state index in [2.05, 4.69) is 40.3 Å². The highest BCUT2D eigenvalue weighted by atomic mass is 15.1. The van der Waals surface area contributed by atoms with Crippen molar-refractivity contribution in [2.75, 3.05) is 46.1 Å². The Balaban J connectivity index is 1.81. The van der Waals surface area contributed by atoms with Crippen LogP contribution in [0.2, 0.25) is 0 Å². The maximum atomic E-state index is 4.46. The van der Waals surface area contributed by atoms with E-state index in [1.165, 1.54) is 32.5 Å². The Morgan fingerprint density at radius 3 is 2.74 bits per heavy atom. The number of nitrogens with zero attached hydrogens (tertiary/aromatic N) is 3. The van der Waals surface area contributed by atoms with Crippen molar-refractivity contribution in [3.8, 4) is 0 Å². The summed E-state index contributed by atoms with van der Waals surface area (Å²) >= 11 is 0. The quantitative estimate of drug-likeness (QED) is 0.878. The second kappa shape index (κ2) is 6.87. The van der Waals surface area contributed by atoms with E-state index < -0.39 is 0 Å². The van der Waals surface area contributed by atoms with Gasteiger partial charge in [0.15, 0.2) is 0 Å². The number of hydrogen-bond acceptors (Lipinski definition) is 4. The number of likely N-dealkylation sites (tertiary alicyclic amines) is 1. The maximum absolute atomic E-state index is 4.46. The fourth-order valence-corrected chi connectivity index (χ4v) is 2.79. The highest BCUT2D eigenvalue weighted by Gasteiger charge is 2.19. The second-order valence-corrected chi connectivity index (χ2v) is 5.77. The van der Waals surface area contributed by atoms with Crippen LogP contribution < -0.4 is 5.32 Å². The Kier molecular flexibility index (Phi) is 5.16. The lowest BCUT2D eigenvalue weighted by atomic mass is 9.96. The molecule has 1 fully saturated rings. The Bertz CT molecular complexity index is 383. The number of piperidine rings is 1. The highest BCUT2D eigenvalue weighted by Crippen LogP contribution is 2.19. The minimum atomic E-state index is 0.864. The summed E-state index contributed by atoms with van der Waals surface area (Å²) in [7, 11) is 6.28. The van der Waals surface area contributed by atoms with E-state index >= 15 is 0 Å². The molecule has 0 unspecified atom stereocenters. The number of pyridine rings is 1. The fourth-order valence-electron chi connectivity index (χ4n) is 2.79. The first-order chi connectivity index (χ1) is 9.17. The van der Waals surface area contributed by atoms with Crippen LogP contribution in [0, 0.1) is 5.92 Å². The Morgan fingerprint density at radius 1 is 1.37 bits per heavy atom. The van der Waals surface area contributed by atoms with E-state index in [1.807, 2.05) is 19.3 Å². The average molecular weight is 262 g/mol. The third kappa shape index (κ3) is 4.48. The summed E-state index contributed by atoms with van der Waals surface area (Å²) in [5, 5.41) is 3.17. The van der Waals surface area contributed by atoms with E-state index in [-0.39, 0.29) is 0 Å². The third-order valence-corrected chi connectivity index (χ3v) is 3.82. The van der Waals surface area contributed by atoms with Crippen molar-refractivity contribution in [3.05, 3.63) is 24.0 Å². The summed E-state index contributed by atoms with van der Waals surface area (Å²) in [5.41, 5.74) is 2.31. The summed E-state index contributed by atoms with van der Waals surface area (Å²) < 4.78 is 0. The molecule has 0 amide bonds. The lowest BCUT2D eigenvalue weighted by Gasteiger charge is -2.33. The van der Waals surface area contributed by atoms with Gasteiger partial charge in [-0.1, -0.05) is 0 Å². The molecule has 106 valence electrons. The van der Waals surface area contributed by atoms with E-state index in [1.54, 1.807) is 0 Å². The molecule has 1 aromatic rings. The first kappa shape index (κ1) is 14.3. The number of rotatable bonds is 5. The van der Waals surface area contributed by atoms with Gasteiger partial charge >= 0.3 is 0 Å². The van der Waals surface area contributed by atoms with Gasteiger partial charge in [-0.3, -0.25) is 9.88 Å². The van der Waals surface area contributed by atoms with Crippen LogP contribution in [0.15, 0.2) is 18.3 Å². The molecule has 0 saturated carbocycles. The van der Waals surface area contributed by atoms with Crippen molar-refractivity contribution < 1.29 is 0 Å². The molecule has 1 saturated heterocycles. The lowest BCUT2D eigenvalue weighted by Crippen LogP contribution is -2.36. The molecule has 0 bridgehead atoms. The first-order valence-electron chi connectivity index (χ1n) is 7.17. The molecule has 1 N–H and O–H groups in total. The zero-order valence-corrected chi connectivity index (χ0v) is 12.4. The van der Waals surface area contributed by atoms with Crippen LogP contribution in [0.4, 0.5) is 5.69 Å². The van der Waals surface area contributed by atoms with E-state index in [0.29, 0.717) is 0 Å². The molecular formula is C15H26N4. The predicted octanol–water partition coefficient (Wildman–Crippen LogP) is 1.90. The number of aromatic nitrogens is 1. The molecule has 0 aromatic carbocycles.